The molecule has 3 aromatic rings. The molecule has 3 aromatic carbocycles. The molecule has 2 N–H and O–H groups in total. The first-order valence-corrected chi connectivity index (χ1v) is 10.9. The van der Waals surface area contributed by atoms with Gasteiger partial charge < -0.3 is 15.2 Å². The average Bonchev–Trinajstić information content (AvgIpc) is 2.73. The van der Waals surface area contributed by atoms with Crippen LogP contribution in [0.15, 0.2) is 82.6 Å². The molecule has 0 spiro atoms. The number of aliphatic hydroxyl groups is 1. The Morgan fingerprint density at radius 2 is 1.73 bits per heavy atom. The molecular formula is C24H24ClNO3S. The summed E-state index contributed by atoms with van der Waals surface area (Å²) in [4.78, 5) is 13.2. The Morgan fingerprint density at radius 1 is 1.07 bits per heavy atom. The summed E-state index contributed by atoms with van der Waals surface area (Å²) in [6.07, 6.45) is 0.305. The smallest absolute Gasteiger partial charge is 0.308 e. The first-order chi connectivity index (χ1) is 14.5. The molecule has 1 atom stereocenters. The van der Waals surface area contributed by atoms with E-state index >= 15 is 0 Å². The quantitative estimate of drug-likeness (QED) is 0.268. The summed E-state index contributed by atoms with van der Waals surface area (Å²) in [5, 5.41) is 14.2. The monoisotopic (exact) mass is 441 g/mol. The summed E-state index contributed by atoms with van der Waals surface area (Å²) in [6.45, 7) is 2.65. The molecule has 0 fully saturated rings. The van der Waals surface area contributed by atoms with Crippen molar-refractivity contribution in [2.24, 2.45) is 0 Å². The van der Waals surface area contributed by atoms with Gasteiger partial charge in [0.15, 0.2) is 0 Å². The molecule has 0 bridgehead atoms. The molecule has 0 heterocycles. The third-order valence-corrected chi connectivity index (χ3v) is 5.66. The minimum Gasteiger partial charge on any atom is -0.427 e. The molecule has 0 amide bonds. The van der Waals surface area contributed by atoms with Crippen molar-refractivity contribution in [1.29, 1.82) is 0 Å². The zero-order chi connectivity index (χ0) is 21.3. The van der Waals surface area contributed by atoms with Crippen LogP contribution in [0.4, 0.5) is 0 Å². The minimum atomic E-state index is -0.574. The number of ether oxygens (including phenoxy) is 1. The molecule has 0 aliphatic rings. The van der Waals surface area contributed by atoms with E-state index in [1.165, 1.54) is 12.5 Å². The number of hydrogen-bond donors (Lipinski definition) is 2. The third-order valence-electron chi connectivity index (χ3n) is 4.41. The summed E-state index contributed by atoms with van der Waals surface area (Å²) >= 11 is 7.62. The molecular weight excluding hydrogens is 418 g/mol. The SMILES string of the molecule is CC(=O)Oc1ccc(Sc2ccc(CCNC[C@@H](O)c3cccc(Cl)c3)cc2)cc1. The van der Waals surface area contributed by atoms with E-state index in [0.29, 0.717) is 17.3 Å². The average molecular weight is 442 g/mol. The van der Waals surface area contributed by atoms with Crippen LogP contribution >= 0.6 is 23.4 Å². The second-order valence-electron chi connectivity index (χ2n) is 6.84. The molecule has 0 unspecified atom stereocenters. The lowest BCUT2D eigenvalue weighted by atomic mass is 10.1. The number of halogens is 1. The van der Waals surface area contributed by atoms with Crippen LogP contribution in [0.2, 0.25) is 5.02 Å². The topological polar surface area (TPSA) is 58.6 Å². The van der Waals surface area contributed by atoms with Crippen molar-refractivity contribution in [3.05, 3.63) is 88.9 Å². The van der Waals surface area contributed by atoms with Crippen LogP contribution in [0.25, 0.3) is 0 Å². The predicted octanol–water partition coefficient (Wildman–Crippen LogP) is 5.28. The summed E-state index contributed by atoms with van der Waals surface area (Å²) in [5.74, 6) is 0.231. The fraction of sp³-hybridized carbons (Fsp3) is 0.208. The molecule has 30 heavy (non-hydrogen) atoms. The normalized spacial score (nSPS) is 11.8. The summed E-state index contributed by atoms with van der Waals surface area (Å²) in [7, 11) is 0. The van der Waals surface area contributed by atoms with E-state index in [1.807, 2.05) is 24.3 Å². The van der Waals surface area contributed by atoms with Crippen molar-refractivity contribution in [2.75, 3.05) is 13.1 Å². The standard InChI is InChI=1S/C24H24ClNO3S/c1-17(27)29-21-7-11-23(12-8-21)30-22-9-5-18(6-10-22)13-14-26-16-24(28)19-3-2-4-20(25)15-19/h2-12,15,24,26,28H,13-14,16H2,1H3/t24-/m1/s1. The lowest BCUT2D eigenvalue weighted by Gasteiger charge is -2.12. The second-order valence-corrected chi connectivity index (χ2v) is 8.42. The molecule has 0 radical (unpaired) electrons. The van der Waals surface area contributed by atoms with E-state index in [0.717, 1.165) is 28.3 Å². The first kappa shape index (κ1) is 22.4. The molecule has 4 nitrogen and oxygen atoms in total. The molecule has 0 saturated carbocycles. The third kappa shape index (κ3) is 7.18. The van der Waals surface area contributed by atoms with E-state index in [1.54, 1.807) is 36.0 Å². The number of nitrogens with one attached hydrogen (secondary N) is 1. The zero-order valence-electron chi connectivity index (χ0n) is 16.7. The van der Waals surface area contributed by atoms with Gasteiger partial charge in [-0.1, -0.05) is 47.6 Å². The van der Waals surface area contributed by atoms with Crippen LogP contribution in [0.1, 0.15) is 24.2 Å². The van der Waals surface area contributed by atoms with Gasteiger partial charge in [-0.15, -0.1) is 0 Å². The van der Waals surface area contributed by atoms with Gasteiger partial charge in [0.2, 0.25) is 0 Å². The van der Waals surface area contributed by atoms with Gasteiger partial charge in [-0.25, -0.2) is 0 Å². The second kappa shape index (κ2) is 11.2. The Bertz CT molecular complexity index is 961. The Hall–Kier alpha value is -2.31. The molecule has 0 saturated heterocycles. The van der Waals surface area contributed by atoms with Crippen LogP contribution in [0.5, 0.6) is 5.75 Å². The number of hydrogen-bond acceptors (Lipinski definition) is 5. The maximum absolute atomic E-state index is 11.0. The Labute approximate surface area is 186 Å². The van der Waals surface area contributed by atoms with E-state index in [2.05, 4.69) is 29.6 Å². The van der Waals surface area contributed by atoms with Crippen molar-refractivity contribution in [1.82, 2.24) is 5.32 Å². The van der Waals surface area contributed by atoms with Crippen LogP contribution in [-0.2, 0) is 11.2 Å². The van der Waals surface area contributed by atoms with Gasteiger partial charge in [0.25, 0.3) is 0 Å². The maximum Gasteiger partial charge on any atom is 0.308 e. The van der Waals surface area contributed by atoms with E-state index in [9.17, 15) is 9.90 Å². The molecule has 3 rings (SSSR count). The maximum atomic E-state index is 11.0. The van der Waals surface area contributed by atoms with E-state index < -0.39 is 6.10 Å². The van der Waals surface area contributed by atoms with E-state index in [4.69, 9.17) is 16.3 Å². The van der Waals surface area contributed by atoms with Gasteiger partial charge in [-0.3, -0.25) is 4.79 Å². The number of carbonyl (C=O) groups excluding carboxylic acids is 1. The highest BCUT2D eigenvalue weighted by Gasteiger charge is 2.07. The Balaban J connectivity index is 1.42. The highest BCUT2D eigenvalue weighted by atomic mass is 35.5. The minimum absolute atomic E-state index is 0.320. The van der Waals surface area contributed by atoms with Gasteiger partial charge >= 0.3 is 5.97 Å². The molecule has 0 aromatic heterocycles. The van der Waals surface area contributed by atoms with Crippen LogP contribution in [0.3, 0.4) is 0 Å². The first-order valence-electron chi connectivity index (χ1n) is 9.69. The van der Waals surface area contributed by atoms with Crippen LogP contribution in [0, 0.1) is 0 Å². The highest BCUT2D eigenvalue weighted by Crippen LogP contribution is 2.29. The fourth-order valence-electron chi connectivity index (χ4n) is 2.91. The molecule has 0 aliphatic heterocycles. The molecule has 0 aliphatic carbocycles. The van der Waals surface area contributed by atoms with Crippen molar-refractivity contribution >= 4 is 29.3 Å². The van der Waals surface area contributed by atoms with Crippen molar-refractivity contribution in [3.8, 4) is 5.75 Å². The Morgan fingerprint density at radius 3 is 2.37 bits per heavy atom. The lowest BCUT2D eigenvalue weighted by Crippen LogP contribution is -2.23. The van der Waals surface area contributed by atoms with Gasteiger partial charge in [0.05, 0.1) is 6.10 Å². The van der Waals surface area contributed by atoms with Crippen LogP contribution in [-0.4, -0.2) is 24.2 Å². The van der Waals surface area contributed by atoms with Crippen molar-refractivity contribution < 1.29 is 14.6 Å². The van der Waals surface area contributed by atoms with Gasteiger partial charge in [-0.05, 0) is 72.6 Å². The van der Waals surface area contributed by atoms with Crippen molar-refractivity contribution in [3.63, 3.8) is 0 Å². The summed E-state index contributed by atoms with van der Waals surface area (Å²) in [6, 6.07) is 23.2. The number of esters is 1. The van der Waals surface area contributed by atoms with Gasteiger partial charge in [-0.2, -0.15) is 0 Å². The van der Waals surface area contributed by atoms with Crippen molar-refractivity contribution in [2.45, 2.75) is 29.2 Å². The largest absolute Gasteiger partial charge is 0.427 e. The number of benzene rings is 3. The number of aliphatic hydroxyl groups excluding tert-OH is 1. The number of rotatable bonds is 9. The summed E-state index contributed by atoms with van der Waals surface area (Å²) in [5.41, 5.74) is 2.05. The van der Waals surface area contributed by atoms with Gasteiger partial charge in [0.1, 0.15) is 5.75 Å². The summed E-state index contributed by atoms with van der Waals surface area (Å²) < 4.78 is 5.05. The molecule has 6 heteroatoms. The van der Waals surface area contributed by atoms with Crippen LogP contribution < -0.4 is 10.1 Å². The fourth-order valence-corrected chi connectivity index (χ4v) is 3.92. The lowest BCUT2D eigenvalue weighted by molar-refractivity contribution is -0.131. The zero-order valence-corrected chi connectivity index (χ0v) is 18.2. The van der Waals surface area contributed by atoms with Gasteiger partial charge in [0, 0.05) is 28.3 Å². The molecule has 156 valence electrons. The number of carbonyl (C=O) groups is 1. The van der Waals surface area contributed by atoms with E-state index in [-0.39, 0.29) is 5.97 Å². The Kier molecular flexibility index (Phi) is 8.34. The predicted molar refractivity (Wildman–Crippen MR) is 121 cm³/mol. The highest BCUT2D eigenvalue weighted by molar-refractivity contribution is 7.99.